The summed E-state index contributed by atoms with van der Waals surface area (Å²) >= 11 is 0. The summed E-state index contributed by atoms with van der Waals surface area (Å²) in [5.74, 6) is 0.736. The fraction of sp³-hybridized carbons (Fsp3) is 0.458. The van der Waals surface area contributed by atoms with Gasteiger partial charge in [0.2, 0.25) is 0 Å². The Kier molecular flexibility index (Phi) is 5.32. The topological polar surface area (TPSA) is 46.5 Å². The second-order valence-electron chi connectivity index (χ2n) is 8.58. The maximum Gasteiger partial charge on any atom is 0.311 e. The first-order chi connectivity index (χ1) is 12.8. The number of esters is 1. The third-order valence-electron chi connectivity index (χ3n) is 5.83. The van der Waals surface area contributed by atoms with Gasteiger partial charge in [0.05, 0.1) is 0 Å². The van der Waals surface area contributed by atoms with Gasteiger partial charge in [-0.05, 0) is 59.2 Å². The Morgan fingerprint density at radius 2 is 1.74 bits per heavy atom. The van der Waals surface area contributed by atoms with Gasteiger partial charge in [0.25, 0.3) is 0 Å². The Morgan fingerprint density at radius 1 is 1.04 bits per heavy atom. The normalized spacial score (nSPS) is 20.3. The average molecular weight is 367 g/mol. The predicted octanol–water partition coefficient (Wildman–Crippen LogP) is 5.87. The zero-order chi connectivity index (χ0) is 19.7. The lowest BCUT2D eigenvalue weighted by atomic mass is 9.75. The SMILES string of the molecule is CCCCCC(=O)Oc1ccc2c(c1)C(C)(c1ccc(O)cc1)CC2(C)C. The van der Waals surface area contributed by atoms with Crippen LogP contribution in [0.25, 0.3) is 0 Å². The Morgan fingerprint density at radius 3 is 2.41 bits per heavy atom. The van der Waals surface area contributed by atoms with Gasteiger partial charge >= 0.3 is 5.97 Å². The summed E-state index contributed by atoms with van der Waals surface area (Å²) in [4.78, 5) is 12.1. The second kappa shape index (κ2) is 7.38. The van der Waals surface area contributed by atoms with Crippen molar-refractivity contribution in [2.24, 2.45) is 0 Å². The van der Waals surface area contributed by atoms with Gasteiger partial charge in [-0.15, -0.1) is 0 Å². The van der Waals surface area contributed by atoms with E-state index >= 15 is 0 Å². The first-order valence-corrected chi connectivity index (χ1v) is 9.91. The molecule has 0 saturated heterocycles. The van der Waals surface area contributed by atoms with Crippen LogP contribution in [0.4, 0.5) is 0 Å². The van der Waals surface area contributed by atoms with Crippen LogP contribution in [0.15, 0.2) is 42.5 Å². The minimum Gasteiger partial charge on any atom is -0.508 e. The molecule has 2 aromatic rings. The van der Waals surface area contributed by atoms with Gasteiger partial charge in [-0.1, -0.05) is 58.7 Å². The van der Waals surface area contributed by atoms with Gasteiger partial charge in [-0.2, -0.15) is 0 Å². The van der Waals surface area contributed by atoms with E-state index in [1.165, 1.54) is 16.7 Å². The van der Waals surface area contributed by atoms with Crippen molar-refractivity contribution in [1.82, 2.24) is 0 Å². The third kappa shape index (κ3) is 3.87. The fourth-order valence-corrected chi connectivity index (χ4v) is 4.50. The van der Waals surface area contributed by atoms with E-state index < -0.39 is 0 Å². The van der Waals surface area contributed by atoms with Crippen LogP contribution in [-0.4, -0.2) is 11.1 Å². The summed E-state index contributed by atoms with van der Waals surface area (Å²) < 4.78 is 5.62. The van der Waals surface area contributed by atoms with Crippen LogP contribution in [0, 0.1) is 0 Å². The van der Waals surface area contributed by atoms with Gasteiger partial charge in [0.1, 0.15) is 11.5 Å². The zero-order valence-corrected chi connectivity index (χ0v) is 16.8. The van der Waals surface area contributed by atoms with Crippen molar-refractivity contribution >= 4 is 5.97 Å². The molecule has 0 aromatic heterocycles. The van der Waals surface area contributed by atoms with Crippen molar-refractivity contribution in [3.63, 3.8) is 0 Å². The molecular formula is C24H30O3. The molecule has 1 unspecified atom stereocenters. The number of unbranched alkanes of at least 4 members (excludes halogenated alkanes) is 2. The molecule has 3 nitrogen and oxygen atoms in total. The molecule has 2 aromatic carbocycles. The van der Waals surface area contributed by atoms with Crippen LogP contribution in [0.5, 0.6) is 11.5 Å². The lowest BCUT2D eigenvalue weighted by molar-refractivity contribution is -0.134. The summed E-state index contributed by atoms with van der Waals surface area (Å²) in [5.41, 5.74) is 3.52. The minimum absolute atomic E-state index is 0.0334. The second-order valence-corrected chi connectivity index (χ2v) is 8.58. The molecule has 3 heteroatoms. The number of carbonyl (C=O) groups is 1. The van der Waals surface area contributed by atoms with Crippen molar-refractivity contribution in [1.29, 1.82) is 0 Å². The lowest BCUT2D eigenvalue weighted by Gasteiger charge is -2.28. The van der Waals surface area contributed by atoms with E-state index in [1.54, 1.807) is 12.1 Å². The highest BCUT2D eigenvalue weighted by atomic mass is 16.5. The highest BCUT2D eigenvalue weighted by molar-refractivity contribution is 5.72. The number of ether oxygens (including phenoxy) is 1. The molecule has 0 radical (unpaired) electrons. The molecule has 3 rings (SSSR count). The molecule has 1 aliphatic carbocycles. The van der Waals surface area contributed by atoms with Crippen molar-refractivity contribution in [3.05, 3.63) is 59.2 Å². The van der Waals surface area contributed by atoms with Crippen LogP contribution in [0.2, 0.25) is 0 Å². The van der Waals surface area contributed by atoms with Gasteiger partial charge in [0, 0.05) is 11.8 Å². The molecule has 0 saturated carbocycles. The molecule has 1 N–H and O–H groups in total. The molecule has 0 spiro atoms. The number of phenols is 1. The highest BCUT2D eigenvalue weighted by Gasteiger charge is 2.45. The van der Waals surface area contributed by atoms with Crippen LogP contribution >= 0.6 is 0 Å². The monoisotopic (exact) mass is 366 g/mol. The van der Waals surface area contributed by atoms with Gasteiger partial charge < -0.3 is 9.84 Å². The number of benzene rings is 2. The summed E-state index contributed by atoms with van der Waals surface area (Å²) in [5, 5.41) is 9.66. The highest BCUT2D eigenvalue weighted by Crippen LogP contribution is 2.53. The van der Waals surface area contributed by atoms with Crippen molar-refractivity contribution in [2.75, 3.05) is 0 Å². The van der Waals surface area contributed by atoms with E-state index in [4.69, 9.17) is 4.74 Å². The quantitative estimate of drug-likeness (QED) is 0.395. The Balaban J connectivity index is 1.92. The van der Waals surface area contributed by atoms with Gasteiger partial charge in [0.15, 0.2) is 0 Å². The third-order valence-corrected chi connectivity index (χ3v) is 5.83. The first kappa shape index (κ1) is 19.5. The summed E-state index contributed by atoms with van der Waals surface area (Å²) in [6.45, 7) is 8.87. The van der Waals surface area contributed by atoms with Crippen molar-refractivity contribution < 1.29 is 14.6 Å². The Bertz CT molecular complexity index is 820. The Labute approximate surface area is 162 Å². The fourth-order valence-electron chi connectivity index (χ4n) is 4.50. The molecule has 0 bridgehead atoms. The van der Waals surface area contributed by atoms with E-state index in [9.17, 15) is 9.90 Å². The summed E-state index contributed by atoms with van der Waals surface area (Å²) in [6, 6.07) is 13.5. The molecule has 27 heavy (non-hydrogen) atoms. The zero-order valence-electron chi connectivity index (χ0n) is 16.8. The molecule has 1 aliphatic rings. The standard InChI is InChI=1S/C24H30O3/c1-5-6-7-8-22(26)27-19-13-14-20-21(15-19)24(4,16-23(20,2)3)17-9-11-18(25)12-10-17/h9-15,25H,5-8,16H2,1-4H3. The number of carbonyl (C=O) groups excluding carboxylic acids is 1. The van der Waals surface area contributed by atoms with E-state index in [-0.39, 0.29) is 22.5 Å². The number of rotatable bonds is 6. The maximum absolute atomic E-state index is 12.1. The molecule has 0 fully saturated rings. The summed E-state index contributed by atoms with van der Waals surface area (Å²) in [6.07, 6.45) is 4.44. The maximum atomic E-state index is 12.1. The Hall–Kier alpha value is -2.29. The number of hydrogen-bond donors (Lipinski definition) is 1. The summed E-state index contributed by atoms with van der Waals surface area (Å²) in [7, 11) is 0. The molecule has 0 amide bonds. The first-order valence-electron chi connectivity index (χ1n) is 9.91. The predicted molar refractivity (Wildman–Crippen MR) is 108 cm³/mol. The van der Waals surface area contributed by atoms with E-state index in [0.29, 0.717) is 12.2 Å². The van der Waals surface area contributed by atoms with Crippen LogP contribution in [-0.2, 0) is 15.6 Å². The van der Waals surface area contributed by atoms with Crippen molar-refractivity contribution in [3.8, 4) is 11.5 Å². The number of aromatic hydroxyl groups is 1. The van der Waals surface area contributed by atoms with Crippen LogP contribution in [0.1, 0.15) is 76.5 Å². The van der Waals surface area contributed by atoms with Crippen LogP contribution < -0.4 is 4.74 Å². The number of fused-ring (bicyclic) bond motifs is 1. The van der Waals surface area contributed by atoms with E-state index in [0.717, 1.165) is 25.7 Å². The van der Waals surface area contributed by atoms with E-state index in [2.05, 4.69) is 33.8 Å². The van der Waals surface area contributed by atoms with Gasteiger partial charge in [-0.3, -0.25) is 4.79 Å². The van der Waals surface area contributed by atoms with Crippen LogP contribution in [0.3, 0.4) is 0 Å². The average Bonchev–Trinajstić information content (AvgIpc) is 2.82. The number of phenolic OH excluding ortho intramolecular Hbond substituents is 1. The van der Waals surface area contributed by atoms with Gasteiger partial charge in [-0.25, -0.2) is 0 Å². The molecular weight excluding hydrogens is 336 g/mol. The van der Waals surface area contributed by atoms with E-state index in [1.807, 2.05) is 24.3 Å². The molecule has 1 atom stereocenters. The number of hydrogen-bond acceptors (Lipinski definition) is 3. The molecule has 144 valence electrons. The van der Waals surface area contributed by atoms with Crippen molar-refractivity contribution in [2.45, 2.75) is 70.6 Å². The molecule has 0 heterocycles. The smallest absolute Gasteiger partial charge is 0.311 e. The lowest BCUT2D eigenvalue weighted by Crippen LogP contribution is -2.23. The minimum atomic E-state index is -0.183. The molecule has 0 aliphatic heterocycles. The largest absolute Gasteiger partial charge is 0.508 e.